The zero-order chi connectivity index (χ0) is 20.1. The lowest BCUT2D eigenvalue weighted by molar-refractivity contribution is 0.0628. The average molecular weight is 386 g/mol. The van der Waals surface area contributed by atoms with Gasteiger partial charge in [0.15, 0.2) is 0 Å². The predicted octanol–water partition coefficient (Wildman–Crippen LogP) is 4.32. The van der Waals surface area contributed by atoms with Crippen LogP contribution in [0, 0.1) is 0 Å². The Kier molecular flexibility index (Phi) is 5.92. The molecule has 148 valence electrons. The van der Waals surface area contributed by atoms with Crippen molar-refractivity contribution in [1.82, 2.24) is 9.80 Å². The molecule has 3 aromatic rings. The maximum atomic E-state index is 13.0. The van der Waals surface area contributed by atoms with Gasteiger partial charge in [-0.05, 0) is 41.0 Å². The Morgan fingerprint density at radius 2 is 1.55 bits per heavy atom. The third-order valence-electron chi connectivity index (χ3n) is 5.44. The maximum Gasteiger partial charge on any atom is 0.253 e. The first-order valence-corrected chi connectivity index (χ1v) is 10.0. The number of carbonyl (C=O) groups is 1. The van der Waals surface area contributed by atoms with Gasteiger partial charge in [0.1, 0.15) is 5.75 Å². The molecule has 0 radical (unpaired) electrons. The number of benzene rings is 3. The van der Waals surface area contributed by atoms with Crippen LogP contribution in [0.15, 0.2) is 78.9 Å². The van der Waals surface area contributed by atoms with E-state index in [1.165, 1.54) is 5.56 Å². The van der Waals surface area contributed by atoms with Crippen LogP contribution in [0.5, 0.6) is 5.75 Å². The molecule has 29 heavy (non-hydrogen) atoms. The van der Waals surface area contributed by atoms with Crippen molar-refractivity contribution in [3.63, 3.8) is 0 Å². The molecule has 0 spiro atoms. The minimum Gasteiger partial charge on any atom is -0.497 e. The predicted molar refractivity (Wildman–Crippen MR) is 116 cm³/mol. The van der Waals surface area contributed by atoms with Crippen LogP contribution in [0.2, 0.25) is 0 Å². The Labute approximate surface area is 172 Å². The number of ether oxygens (including phenoxy) is 1. The van der Waals surface area contributed by atoms with Crippen LogP contribution in [-0.4, -0.2) is 49.0 Å². The Hall–Kier alpha value is -3.11. The zero-order valence-corrected chi connectivity index (χ0v) is 16.8. The summed E-state index contributed by atoms with van der Waals surface area (Å²) in [7, 11) is 1.66. The summed E-state index contributed by atoms with van der Waals surface area (Å²) in [4.78, 5) is 17.4. The number of piperazine rings is 1. The largest absolute Gasteiger partial charge is 0.497 e. The summed E-state index contributed by atoms with van der Waals surface area (Å²) in [6, 6.07) is 26.3. The first-order valence-electron chi connectivity index (χ1n) is 10.0. The van der Waals surface area contributed by atoms with E-state index in [0.29, 0.717) is 0 Å². The van der Waals surface area contributed by atoms with Crippen molar-refractivity contribution in [3.05, 3.63) is 90.0 Å². The Bertz CT molecular complexity index is 946. The van der Waals surface area contributed by atoms with Crippen LogP contribution in [0.3, 0.4) is 0 Å². The summed E-state index contributed by atoms with van der Waals surface area (Å²) in [5.41, 5.74) is 4.18. The van der Waals surface area contributed by atoms with E-state index in [1.54, 1.807) is 7.11 Å². The topological polar surface area (TPSA) is 32.8 Å². The van der Waals surface area contributed by atoms with Gasteiger partial charge in [-0.15, -0.1) is 0 Å². The molecule has 0 unspecified atom stereocenters. The second-order valence-electron chi connectivity index (χ2n) is 7.36. The number of hydrogen-bond donors (Lipinski definition) is 0. The second kappa shape index (κ2) is 8.93. The lowest BCUT2D eigenvalue weighted by atomic mass is 10.0. The summed E-state index contributed by atoms with van der Waals surface area (Å²) in [6.07, 6.45) is 0. The SMILES string of the molecule is COc1ccc(-c2cccc(C(=O)N3CCN(Cc4ccccc4)CC3)c2)cc1. The fourth-order valence-corrected chi connectivity index (χ4v) is 3.75. The number of methoxy groups -OCH3 is 1. The highest BCUT2D eigenvalue weighted by Gasteiger charge is 2.22. The molecule has 1 amide bonds. The van der Waals surface area contributed by atoms with E-state index in [2.05, 4.69) is 29.2 Å². The summed E-state index contributed by atoms with van der Waals surface area (Å²) in [6.45, 7) is 4.27. The third-order valence-corrected chi connectivity index (χ3v) is 5.44. The van der Waals surface area contributed by atoms with Crippen LogP contribution in [0.1, 0.15) is 15.9 Å². The summed E-state index contributed by atoms with van der Waals surface area (Å²) in [5, 5.41) is 0. The Morgan fingerprint density at radius 3 is 2.24 bits per heavy atom. The molecule has 1 heterocycles. The van der Waals surface area contributed by atoms with Crippen molar-refractivity contribution >= 4 is 5.91 Å². The number of rotatable bonds is 5. The quantitative estimate of drug-likeness (QED) is 0.655. The monoisotopic (exact) mass is 386 g/mol. The van der Waals surface area contributed by atoms with Gasteiger partial charge in [0.25, 0.3) is 5.91 Å². The molecular formula is C25H26N2O2. The minimum absolute atomic E-state index is 0.111. The molecule has 0 bridgehead atoms. The maximum absolute atomic E-state index is 13.0. The van der Waals surface area contributed by atoms with E-state index in [-0.39, 0.29) is 5.91 Å². The van der Waals surface area contributed by atoms with Gasteiger partial charge >= 0.3 is 0 Å². The first-order chi connectivity index (χ1) is 14.2. The highest BCUT2D eigenvalue weighted by atomic mass is 16.5. The molecule has 1 aliphatic rings. The molecule has 4 rings (SSSR count). The normalized spacial score (nSPS) is 14.6. The molecule has 0 atom stereocenters. The van der Waals surface area contributed by atoms with Gasteiger partial charge in [-0.3, -0.25) is 9.69 Å². The van der Waals surface area contributed by atoms with Crippen LogP contribution >= 0.6 is 0 Å². The molecule has 0 saturated carbocycles. The van der Waals surface area contributed by atoms with E-state index in [0.717, 1.165) is 55.2 Å². The van der Waals surface area contributed by atoms with Crippen molar-refractivity contribution in [2.75, 3.05) is 33.3 Å². The molecule has 3 aromatic carbocycles. The molecule has 0 aliphatic carbocycles. The van der Waals surface area contributed by atoms with Crippen LogP contribution in [0.4, 0.5) is 0 Å². The zero-order valence-electron chi connectivity index (χ0n) is 16.8. The highest BCUT2D eigenvalue weighted by molar-refractivity contribution is 5.95. The number of carbonyl (C=O) groups excluding carboxylic acids is 1. The molecule has 1 saturated heterocycles. The van der Waals surface area contributed by atoms with E-state index in [1.807, 2.05) is 59.5 Å². The fraction of sp³-hybridized carbons (Fsp3) is 0.240. The highest BCUT2D eigenvalue weighted by Crippen LogP contribution is 2.24. The summed E-state index contributed by atoms with van der Waals surface area (Å²) >= 11 is 0. The van der Waals surface area contributed by atoms with E-state index in [9.17, 15) is 4.79 Å². The van der Waals surface area contributed by atoms with E-state index >= 15 is 0 Å². The van der Waals surface area contributed by atoms with Gasteiger partial charge in [-0.1, -0.05) is 54.6 Å². The standard InChI is InChI=1S/C25H26N2O2/c1-29-24-12-10-21(11-13-24)22-8-5-9-23(18-22)25(28)27-16-14-26(15-17-27)19-20-6-3-2-4-7-20/h2-13,18H,14-17,19H2,1H3. The van der Waals surface area contributed by atoms with Crippen molar-refractivity contribution in [2.24, 2.45) is 0 Å². The number of nitrogens with zero attached hydrogens (tertiary/aromatic N) is 2. The van der Waals surface area contributed by atoms with Gasteiger partial charge in [-0.25, -0.2) is 0 Å². The van der Waals surface area contributed by atoms with Crippen molar-refractivity contribution in [1.29, 1.82) is 0 Å². The average Bonchev–Trinajstić information content (AvgIpc) is 2.80. The minimum atomic E-state index is 0.111. The van der Waals surface area contributed by atoms with Crippen LogP contribution < -0.4 is 4.74 Å². The van der Waals surface area contributed by atoms with Crippen LogP contribution in [-0.2, 0) is 6.54 Å². The molecule has 4 nitrogen and oxygen atoms in total. The molecule has 1 fully saturated rings. The number of amides is 1. The molecule has 0 N–H and O–H groups in total. The van der Waals surface area contributed by atoms with Gasteiger partial charge in [0.2, 0.25) is 0 Å². The molecular weight excluding hydrogens is 360 g/mol. The Morgan fingerprint density at radius 1 is 0.828 bits per heavy atom. The van der Waals surface area contributed by atoms with Crippen LogP contribution in [0.25, 0.3) is 11.1 Å². The molecule has 0 aromatic heterocycles. The van der Waals surface area contributed by atoms with E-state index in [4.69, 9.17) is 4.74 Å². The fourth-order valence-electron chi connectivity index (χ4n) is 3.75. The smallest absolute Gasteiger partial charge is 0.253 e. The lowest BCUT2D eigenvalue weighted by Crippen LogP contribution is -2.48. The van der Waals surface area contributed by atoms with Crippen molar-refractivity contribution in [2.45, 2.75) is 6.54 Å². The first kappa shape index (κ1) is 19.2. The van der Waals surface area contributed by atoms with Crippen molar-refractivity contribution in [3.8, 4) is 16.9 Å². The van der Waals surface area contributed by atoms with Gasteiger partial charge in [0, 0.05) is 38.3 Å². The molecule has 1 aliphatic heterocycles. The van der Waals surface area contributed by atoms with E-state index < -0.39 is 0 Å². The second-order valence-corrected chi connectivity index (χ2v) is 7.36. The van der Waals surface area contributed by atoms with Gasteiger partial charge in [0.05, 0.1) is 7.11 Å². The van der Waals surface area contributed by atoms with Gasteiger partial charge < -0.3 is 9.64 Å². The number of hydrogen-bond acceptors (Lipinski definition) is 3. The lowest BCUT2D eigenvalue weighted by Gasteiger charge is -2.34. The van der Waals surface area contributed by atoms with Gasteiger partial charge in [-0.2, -0.15) is 0 Å². The Balaban J connectivity index is 1.40. The summed E-state index contributed by atoms with van der Waals surface area (Å²) < 4.78 is 5.23. The summed E-state index contributed by atoms with van der Waals surface area (Å²) in [5.74, 6) is 0.939. The van der Waals surface area contributed by atoms with Crippen molar-refractivity contribution < 1.29 is 9.53 Å². The third kappa shape index (κ3) is 4.66. The molecule has 4 heteroatoms.